The van der Waals surface area contributed by atoms with Crippen molar-refractivity contribution in [2.24, 2.45) is 0 Å². The number of nitrogens with one attached hydrogen (secondary N) is 1. The van der Waals surface area contributed by atoms with E-state index in [9.17, 15) is 4.79 Å². The molecule has 0 bridgehead atoms. The minimum absolute atomic E-state index is 0.209. The van der Waals surface area contributed by atoms with Gasteiger partial charge < -0.3 is 14.6 Å². The minimum Gasteiger partial charge on any atom is -0.497 e. The number of carbonyl (C=O) groups is 1. The van der Waals surface area contributed by atoms with E-state index in [0.717, 1.165) is 22.7 Å². The zero-order valence-corrected chi connectivity index (χ0v) is 14.7. The molecule has 130 valence electrons. The summed E-state index contributed by atoms with van der Waals surface area (Å²) in [5.74, 6) is 1.20. The first-order valence-corrected chi connectivity index (χ1v) is 7.89. The second-order valence-corrected chi connectivity index (χ2v) is 5.81. The second kappa shape index (κ2) is 6.80. The van der Waals surface area contributed by atoms with E-state index in [0.29, 0.717) is 23.5 Å². The van der Waals surface area contributed by atoms with E-state index >= 15 is 0 Å². The topological polar surface area (TPSA) is 82.2 Å². The first-order chi connectivity index (χ1) is 12.0. The Kier molecular flexibility index (Phi) is 4.56. The molecule has 2 heterocycles. The van der Waals surface area contributed by atoms with Gasteiger partial charge in [-0.15, -0.1) is 0 Å². The molecule has 7 nitrogen and oxygen atoms in total. The van der Waals surface area contributed by atoms with Crippen molar-refractivity contribution >= 4 is 11.6 Å². The molecule has 0 saturated heterocycles. The summed E-state index contributed by atoms with van der Waals surface area (Å²) in [6.07, 6.45) is 1.80. The number of aromatic nitrogens is 3. The lowest BCUT2D eigenvalue weighted by Crippen LogP contribution is -2.12. The molecule has 0 unspecified atom stereocenters. The molecule has 0 aliphatic rings. The summed E-state index contributed by atoms with van der Waals surface area (Å²) in [5.41, 5.74) is 3.76. The molecule has 0 atom stereocenters. The highest BCUT2D eigenvalue weighted by Crippen LogP contribution is 2.19. The molecule has 0 fully saturated rings. The fourth-order valence-corrected chi connectivity index (χ4v) is 2.57. The van der Waals surface area contributed by atoms with Crippen LogP contribution in [0.2, 0.25) is 0 Å². The highest BCUT2D eigenvalue weighted by Gasteiger charge is 2.14. The fourth-order valence-electron chi connectivity index (χ4n) is 2.57. The second-order valence-electron chi connectivity index (χ2n) is 5.81. The first-order valence-electron chi connectivity index (χ1n) is 7.89. The molecule has 25 heavy (non-hydrogen) atoms. The lowest BCUT2D eigenvalue weighted by atomic mass is 10.2. The standard InChI is InChI=1S/C18H20N4O3/c1-11-16(13(3)25-21-11)9-22-10-17(12(2)20-22)19-18(23)14-6-5-7-15(8-14)24-4/h5-8,10H,9H2,1-4H3,(H,19,23). The zero-order chi connectivity index (χ0) is 18.0. The molecule has 1 N–H and O–H groups in total. The van der Waals surface area contributed by atoms with Gasteiger partial charge in [0, 0.05) is 17.3 Å². The Morgan fingerprint density at radius 2 is 2.08 bits per heavy atom. The third-order valence-electron chi connectivity index (χ3n) is 4.03. The van der Waals surface area contributed by atoms with Crippen LogP contribution < -0.4 is 10.1 Å². The van der Waals surface area contributed by atoms with Gasteiger partial charge in [0.2, 0.25) is 0 Å². The molecule has 0 saturated carbocycles. The third-order valence-corrected chi connectivity index (χ3v) is 4.03. The van der Waals surface area contributed by atoms with Crippen molar-refractivity contribution in [1.82, 2.24) is 14.9 Å². The number of ether oxygens (including phenoxy) is 1. The quantitative estimate of drug-likeness (QED) is 0.772. The van der Waals surface area contributed by atoms with Crippen LogP contribution in [0.4, 0.5) is 5.69 Å². The van der Waals surface area contributed by atoms with Gasteiger partial charge in [0.25, 0.3) is 5.91 Å². The summed E-state index contributed by atoms with van der Waals surface area (Å²) in [4.78, 5) is 12.4. The maximum Gasteiger partial charge on any atom is 0.255 e. The van der Waals surface area contributed by atoms with Crippen molar-refractivity contribution < 1.29 is 14.1 Å². The Bertz CT molecular complexity index is 891. The molecular weight excluding hydrogens is 320 g/mol. The Morgan fingerprint density at radius 3 is 2.76 bits per heavy atom. The number of aryl methyl sites for hydroxylation is 3. The number of hydrogen-bond donors (Lipinski definition) is 1. The van der Waals surface area contributed by atoms with Crippen molar-refractivity contribution in [3.63, 3.8) is 0 Å². The monoisotopic (exact) mass is 340 g/mol. The van der Waals surface area contributed by atoms with Crippen molar-refractivity contribution in [2.45, 2.75) is 27.3 Å². The molecular formula is C18H20N4O3. The number of carbonyl (C=O) groups excluding carboxylic acids is 1. The van der Waals surface area contributed by atoms with Crippen molar-refractivity contribution in [2.75, 3.05) is 12.4 Å². The molecule has 0 radical (unpaired) electrons. The van der Waals surface area contributed by atoms with Crippen molar-refractivity contribution in [3.05, 3.63) is 58.7 Å². The average Bonchev–Trinajstić information content (AvgIpc) is 3.11. The zero-order valence-electron chi connectivity index (χ0n) is 14.7. The maximum atomic E-state index is 12.4. The van der Waals surface area contributed by atoms with E-state index in [2.05, 4.69) is 15.6 Å². The average molecular weight is 340 g/mol. The summed E-state index contributed by atoms with van der Waals surface area (Å²) in [6, 6.07) is 7.01. The number of benzene rings is 1. The van der Waals surface area contributed by atoms with Crippen LogP contribution in [0, 0.1) is 20.8 Å². The van der Waals surface area contributed by atoms with Gasteiger partial charge in [-0.05, 0) is 39.0 Å². The molecule has 2 aromatic heterocycles. The predicted octanol–water partition coefficient (Wildman–Crippen LogP) is 3.11. The molecule has 0 aliphatic carbocycles. The van der Waals surface area contributed by atoms with Gasteiger partial charge in [0.1, 0.15) is 11.5 Å². The molecule has 0 aliphatic heterocycles. The van der Waals surface area contributed by atoms with E-state index in [1.807, 2.05) is 20.8 Å². The van der Waals surface area contributed by atoms with E-state index < -0.39 is 0 Å². The van der Waals surface area contributed by atoms with E-state index in [-0.39, 0.29) is 5.91 Å². The first kappa shape index (κ1) is 16.8. The molecule has 3 aromatic rings. The Morgan fingerprint density at radius 1 is 1.28 bits per heavy atom. The minimum atomic E-state index is -0.209. The Labute approximate surface area is 145 Å². The summed E-state index contributed by atoms with van der Waals surface area (Å²) in [5, 5.41) is 11.3. The molecule has 7 heteroatoms. The van der Waals surface area contributed by atoms with Crippen LogP contribution in [-0.2, 0) is 6.54 Å². The maximum absolute atomic E-state index is 12.4. The lowest BCUT2D eigenvalue weighted by Gasteiger charge is -2.05. The third kappa shape index (κ3) is 3.55. The summed E-state index contributed by atoms with van der Waals surface area (Å²) in [6.45, 7) is 6.16. The van der Waals surface area contributed by atoms with E-state index in [1.165, 1.54) is 0 Å². The van der Waals surface area contributed by atoms with Crippen LogP contribution in [-0.4, -0.2) is 28.0 Å². The largest absolute Gasteiger partial charge is 0.497 e. The van der Waals surface area contributed by atoms with Crippen molar-refractivity contribution in [3.8, 4) is 5.75 Å². The van der Waals surface area contributed by atoms with Crippen LogP contribution in [0.3, 0.4) is 0 Å². The number of rotatable bonds is 5. The van der Waals surface area contributed by atoms with Crippen LogP contribution in [0.15, 0.2) is 35.0 Å². The van der Waals surface area contributed by atoms with E-state index in [4.69, 9.17) is 9.26 Å². The van der Waals surface area contributed by atoms with Gasteiger partial charge in [0.15, 0.2) is 0 Å². The number of methoxy groups -OCH3 is 1. The SMILES string of the molecule is COc1cccc(C(=O)Nc2cn(Cc3c(C)noc3C)nc2C)c1. The number of nitrogens with zero attached hydrogens (tertiary/aromatic N) is 3. The number of hydrogen-bond acceptors (Lipinski definition) is 5. The molecule has 3 rings (SSSR count). The van der Waals surface area contributed by atoms with Crippen LogP contribution in [0.1, 0.15) is 33.1 Å². The molecule has 1 aromatic carbocycles. The van der Waals surface area contributed by atoms with E-state index in [1.54, 1.807) is 42.3 Å². The van der Waals surface area contributed by atoms with Gasteiger partial charge in [-0.25, -0.2) is 0 Å². The van der Waals surface area contributed by atoms with Gasteiger partial charge in [-0.2, -0.15) is 5.10 Å². The molecule has 0 spiro atoms. The summed E-state index contributed by atoms with van der Waals surface area (Å²) >= 11 is 0. The molecule has 1 amide bonds. The number of amides is 1. The highest BCUT2D eigenvalue weighted by molar-refractivity contribution is 6.04. The predicted molar refractivity (Wildman–Crippen MR) is 93.0 cm³/mol. The van der Waals surface area contributed by atoms with Crippen LogP contribution in [0.5, 0.6) is 5.75 Å². The lowest BCUT2D eigenvalue weighted by molar-refractivity contribution is 0.102. The van der Waals surface area contributed by atoms with Gasteiger partial charge in [0.05, 0.1) is 30.7 Å². The number of anilines is 1. The van der Waals surface area contributed by atoms with Crippen LogP contribution >= 0.6 is 0 Å². The van der Waals surface area contributed by atoms with Gasteiger partial charge >= 0.3 is 0 Å². The normalized spacial score (nSPS) is 10.7. The fraction of sp³-hybridized carbons (Fsp3) is 0.278. The van der Waals surface area contributed by atoms with Crippen LogP contribution in [0.25, 0.3) is 0 Å². The Balaban J connectivity index is 1.77. The van der Waals surface area contributed by atoms with Gasteiger partial charge in [-0.1, -0.05) is 11.2 Å². The summed E-state index contributed by atoms with van der Waals surface area (Å²) in [7, 11) is 1.57. The van der Waals surface area contributed by atoms with Crippen molar-refractivity contribution in [1.29, 1.82) is 0 Å². The van der Waals surface area contributed by atoms with Gasteiger partial charge in [-0.3, -0.25) is 9.48 Å². The Hall–Kier alpha value is -3.09. The summed E-state index contributed by atoms with van der Waals surface area (Å²) < 4.78 is 12.1. The smallest absolute Gasteiger partial charge is 0.255 e. The highest BCUT2D eigenvalue weighted by atomic mass is 16.5.